The van der Waals surface area contributed by atoms with Crippen molar-refractivity contribution in [2.45, 2.75) is 29.9 Å². The Morgan fingerprint density at radius 3 is 1.63 bits per heavy atom. The van der Waals surface area contributed by atoms with Gasteiger partial charge in [-0.2, -0.15) is 0 Å². The average Bonchev–Trinajstić information content (AvgIpc) is 2.89. The number of aryl methyl sites for hydroxylation is 1. The fourth-order valence-corrected chi connectivity index (χ4v) is 4.16. The van der Waals surface area contributed by atoms with Crippen molar-refractivity contribution < 1.29 is 15.3 Å². The minimum Gasteiger partial charge on any atom is -0.508 e. The monoisotopic (exact) mass is 477 g/mol. The highest BCUT2D eigenvalue weighted by molar-refractivity contribution is 7.99. The van der Waals surface area contributed by atoms with Crippen molar-refractivity contribution in [3.05, 3.63) is 118 Å². The quantitative estimate of drug-likeness (QED) is 0.360. The molecule has 0 spiro atoms. The second-order valence-corrected chi connectivity index (χ2v) is 8.98. The first-order valence-electron chi connectivity index (χ1n) is 11.0. The topological polar surface area (TPSA) is 73.6 Å². The van der Waals surface area contributed by atoms with Crippen LogP contribution in [0, 0.1) is 30.6 Å². The zero-order valence-corrected chi connectivity index (χ0v) is 19.9. The Bertz CT molecular complexity index is 1370. The number of aromatic nitrogens is 1. The molecule has 0 amide bonds. The lowest BCUT2D eigenvalue weighted by Crippen LogP contribution is -1.91. The molecule has 4 aromatic rings. The Morgan fingerprint density at radius 1 is 0.657 bits per heavy atom. The van der Waals surface area contributed by atoms with E-state index in [9.17, 15) is 15.3 Å². The number of rotatable bonds is 4. The Morgan fingerprint density at radius 2 is 1.17 bits per heavy atom. The molecule has 35 heavy (non-hydrogen) atoms. The van der Waals surface area contributed by atoms with Crippen molar-refractivity contribution in [1.82, 2.24) is 4.98 Å². The maximum Gasteiger partial charge on any atom is 0.118 e. The van der Waals surface area contributed by atoms with E-state index in [0.29, 0.717) is 11.4 Å². The molecule has 0 aliphatic heterocycles. The molecule has 4 rings (SSSR count). The van der Waals surface area contributed by atoms with Gasteiger partial charge in [-0.05, 0) is 90.1 Å². The van der Waals surface area contributed by atoms with Gasteiger partial charge in [0.05, 0.1) is 13.2 Å². The summed E-state index contributed by atoms with van der Waals surface area (Å²) in [4.78, 5) is 6.55. The van der Waals surface area contributed by atoms with Crippen LogP contribution >= 0.6 is 11.8 Å². The van der Waals surface area contributed by atoms with Crippen LogP contribution in [-0.4, -0.2) is 20.3 Å². The third-order valence-electron chi connectivity index (χ3n) is 5.15. The molecule has 0 bridgehead atoms. The van der Waals surface area contributed by atoms with Crippen molar-refractivity contribution in [3.8, 4) is 29.4 Å². The summed E-state index contributed by atoms with van der Waals surface area (Å²) in [5, 5.41) is 28.3. The zero-order chi connectivity index (χ0) is 24.6. The van der Waals surface area contributed by atoms with E-state index in [1.54, 1.807) is 17.8 Å². The van der Waals surface area contributed by atoms with Gasteiger partial charge in [0.1, 0.15) is 17.1 Å². The highest BCUT2D eigenvalue weighted by Gasteiger charge is 2.05. The minimum absolute atomic E-state index is 0.00394. The third-order valence-corrected chi connectivity index (χ3v) is 6.11. The van der Waals surface area contributed by atoms with Crippen LogP contribution in [0.1, 0.15) is 39.2 Å². The number of nitrogens with zero attached hydrogens (tertiary/aromatic N) is 1. The number of phenolic OH excluding ortho intramolecular Hbond substituents is 1. The summed E-state index contributed by atoms with van der Waals surface area (Å²) < 4.78 is 0. The number of aromatic hydroxyl groups is 1. The number of benzene rings is 3. The predicted octanol–water partition coefficient (Wildman–Crippen LogP) is 5.03. The minimum atomic E-state index is -0.00394. The molecule has 0 aliphatic rings. The molecule has 0 fully saturated rings. The summed E-state index contributed by atoms with van der Waals surface area (Å²) in [5.74, 6) is 12.8. The van der Waals surface area contributed by atoms with Gasteiger partial charge in [-0.25, -0.2) is 4.98 Å². The molecule has 3 aromatic carbocycles. The van der Waals surface area contributed by atoms with Gasteiger partial charge in [-0.3, -0.25) is 0 Å². The van der Waals surface area contributed by atoms with Gasteiger partial charge in [-0.15, -0.1) is 0 Å². The lowest BCUT2D eigenvalue weighted by molar-refractivity contribution is 0.281. The van der Waals surface area contributed by atoms with Crippen LogP contribution in [0.25, 0.3) is 0 Å². The number of phenols is 1. The van der Waals surface area contributed by atoms with Crippen molar-refractivity contribution in [1.29, 1.82) is 0 Å². The number of aliphatic hydroxyl groups is 2. The maximum atomic E-state index is 9.84. The highest BCUT2D eigenvalue weighted by atomic mass is 32.2. The van der Waals surface area contributed by atoms with E-state index in [1.165, 1.54) is 0 Å². The summed E-state index contributed by atoms with van der Waals surface area (Å²) in [6, 6.07) is 24.2. The number of hydrogen-bond acceptors (Lipinski definition) is 5. The lowest BCUT2D eigenvalue weighted by Gasteiger charge is -2.06. The second kappa shape index (κ2) is 11.4. The largest absolute Gasteiger partial charge is 0.508 e. The number of aliphatic hydroxyl groups excluding tert-OH is 2. The van der Waals surface area contributed by atoms with Crippen LogP contribution in [-0.2, 0) is 13.2 Å². The Hall–Kier alpha value is -4.00. The molecule has 0 aliphatic carbocycles. The van der Waals surface area contributed by atoms with E-state index >= 15 is 0 Å². The molecule has 172 valence electrons. The molecule has 0 atom stereocenters. The maximum absolute atomic E-state index is 9.84. The van der Waals surface area contributed by atoms with Crippen LogP contribution in [0.4, 0.5) is 0 Å². The van der Waals surface area contributed by atoms with E-state index in [1.807, 2.05) is 79.7 Å². The number of pyridine rings is 1. The molecular formula is C30H23NO3S. The molecule has 1 aromatic heterocycles. The highest BCUT2D eigenvalue weighted by Crippen LogP contribution is 2.31. The molecule has 0 radical (unpaired) electrons. The van der Waals surface area contributed by atoms with Gasteiger partial charge < -0.3 is 15.3 Å². The summed E-state index contributed by atoms with van der Waals surface area (Å²) in [7, 11) is 0. The van der Waals surface area contributed by atoms with Crippen LogP contribution in [0.3, 0.4) is 0 Å². The normalized spacial score (nSPS) is 10.1. The van der Waals surface area contributed by atoms with Gasteiger partial charge in [0, 0.05) is 20.9 Å². The summed E-state index contributed by atoms with van der Waals surface area (Å²) in [5.41, 5.74) is 5.32. The smallest absolute Gasteiger partial charge is 0.118 e. The van der Waals surface area contributed by atoms with Gasteiger partial charge in [0.15, 0.2) is 0 Å². The SMILES string of the molecule is Cc1cc(Sc2cc(C#Cc3ccc(CO)cc3)nc(C#Cc3ccc(CO)cc3)c2)ccc1O. The van der Waals surface area contributed by atoms with Crippen molar-refractivity contribution >= 4 is 11.8 Å². The first-order valence-corrected chi connectivity index (χ1v) is 11.8. The van der Waals surface area contributed by atoms with Crippen molar-refractivity contribution in [2.24, 2.45) is 0 Å². The van der Waals surface area contributed by atoms with E-state index in [-0.39, 0.29) is 19.0 Å². The van der Waals surface area contributed by atoms with Crippen molar-refractivity contribution in [3.63, 3.8) is 0 Å². The molecule has 0 saturated carbocycles. The van der Waals surface area contributed by atoms with Crippen molar-refractivity contribution in [2.75, 3.05) is 0 Å². The Balaban J connectivity index is 1.67. The lowest BCUT2D eigenvalue weighted by atomic mass is 10.1. The van der Waals surface area contributed by atoms with E-state index in [2.05, 4.69) is 28.7 Å². The van der Waals surface area contributed by atoms with Crippen LogP contribution in [0.5, 0.6) is 5.75 Å². The van der Waals surface area contributed by atoms with Crippen LogP contribution in [0.15, 0.2) is 88.7 Å². The second-order valence-electron chi connectivity index (χ2n) is 7.83. The molecule has 0 saturated heterocycles. The van der Waals surface area contributed by atoms with Gasteiger partial charge >= 0.3 is 0 Å². The predicted molar refractivity (Wildman–Crippen MR) is 138 cm³/mol. The molecule has 3 N–H and O–H groups in total. The van der Waals surface area contributed by atoms with E-state index in [0.717, 1.165) is 37.6 Å². The molecule has 4 nitrogen and oxygen atoms in total. The van der Waals surface area contributed by atoms with E-state index in [4.69, 9.17) is 0 Å². The van der Waals surface area contributed by atoms with E-state index < -0.39 is 0 Å². The fourth-order valence-electron chi connectivity index (χ4n) is 3.18. The Labute approximate surface area is 209 Å². The van der Waals surface area contributed by atoms with Gasteiger partial charge in [-0.1, -0.05) is 47.9 Å². The first-order chi connectivity index (χ1) is 17.0. The third kappa shape index (κ3) is 6.76. The molecular weight excluding hydrogens is 454 g/mol. The summed E-state index contributed by atoms with van der Waals surface area (Å²) in [6.07, 6.45) is 0. The first kappa shape index (κ1) is 24.1. The van der Waals surface area contributed by atoms with Gasteiger partial charge in [0.25, 0.3) is 0 Å². The molecule has 5 heteroatoms. The van der Waals surface area contributed by atoms with Crippen LogP contribution in [0.2, 0.25) is 0 Å². The standard InChI is InChI=1S/C30H23NO3S/c1-21-16-28(14-15-30(21)34)35-29-17-26(12-10-22-2-6-24(19-32)7-3-22)31-27(18-29)13-11-23-4-8-25(20-33)9-5-23/h2-9,14-18,32-34H,19-20H2,1H3. The average molecular weight is 478 g/mol. The van der Waals surface area contributed by atoms with Gasteiger partial charge in [0.2, 0.25) is 0 Å². The Kier molecular flexibility index (Phi) is 7.88. The molecule has 0 unspecified atom stereocenters. The fraction of sp³-hybridized carbons (Fsp3) is 0.100. The summed E-state index contributed by atoms with van der Waals surface area (Å²) >= 11 is 1.55. The zero-order valence-electron chi connectivity index (χ0n) is 19.1. The van der Waals surface area contributed by atoms with Crippen LogP contribution < -0.4 is 0 Å². The number of hydrogen-bond donors (Lipinski definition) is 3. The molecule has 1 heterocycles. The summed E-state index contributed by atoms with van der Waals surface area (Å²) in [6.45, 7) is 1.86.